The first-order valence-electron chi connectivity index (χ1n) is 9.73. The number of alkyl carbamates (subject to hydrolysis) is 1. The van der Waals surface area contributed by atoms with Crippen molar-refractivity contribution in [1.82, 2.24) is 15.1 Å². The molecule has 1 fully saturated rings. The fourth-order valence-corrected chi connectivity index (χ4v) is 3.33. The Morgan fingerprint density at radius 1 is 1.04 bits per heavy atom. The predicted molar refractivity (Wildman–Crippen MR) is 109 cm³/mol. The number of benzene rings is 2. The Bertz CT molecular complexity index is 718. The Labute approximate surface area is 166 Å². The van der Waals surface area contributed by atoms with Gasteiger partial charge in [-0.3, -0.25) is 4.90 Å². The van der Waals surface area contributed by atoms with E-state index in [1.165, 1.54) is 0 Å². The van der Waals surface area contributed by atoms with Gasteiger partial charge in [-0.1, -0.05) is 60.7 Å². The van der Waals surface area contributed by atoms with Gasteiger partial charge < -0.3 is 20.1 Å². The van der Waals surface area contributed by atoms with Crippen LogP contribution in [0.15, 0.2) is 60.7 Å². The number of aliphatic hydroxyl groups excluding tert-OH is 1. The van der Waals surface area contributed by atoms with E-state index in [0.29, 0.717) is 6.54 Å². The second-order valence-electron chi connectivity index (χ2n) is 7.27. The van der Waals surface area contributed by atoms with Gasteiger partial charge in [-0.2, -0.15) is 0 Å². The highest BCUT2D eigenvalue weighted by Crippen LogP contribution is 2.18. The lowest BCUT2D eigenvalue weighted by Crippen LogP contribution is -2.52. The molecule has 0 aromatic heterocycles. The average molecular weight is 383 g/mol. The third-order valence-electron chi connectivity index (χ3n) is 5.09. The van der Waals surface area contributed by atoms with Crippen molar-refractivity contribution in [1.29, 1.82) is 0 Å². The number of hydrogen-bond donors (Lipinski definition) is 2. The lowest BCUT2D eigenvalue weighted by atomic mass is 10.0. The van der Waals surface area contributed by atoms with Gasteiger partial charge >= 0.3 is 6.09 Å². The zero-order chi connectivity index (χ0) is 19.8. The van der Waals surface area contributed by atoms with E-state index in [0.717, 1.165) is 37.3 Å². The van der Waals surface area contributed by atoms with Crippen LogP contribution in [0.25, 0.3) is 0 Å². The zero-order valence-corrected chi connectivity index (χ0v) is 16.3. The number of ether oxygens (including phenoxy) is 1. The summed E-state index contributed by atoms with van der Waals surface area (Å²) in [6.07, 6.45) is -1.32. The molecule has 28 heavy (non-hydrogen) atoms. The predicted octanol–water partition coefficient (Wildman–Crippen LogP) is 2.26. The van der Waals surface area contributed by atoms with Crippen LogP contribution in [-0.2, 0) is 11.3 Å². The van der Waals surface area contributed by atoms with Crippen molar-refractivity contribution in [3.8, 4) is 0 Å². The summed E-state index contributed by atoms with van der Waals surface area (Å²) >= 11 is 0. The van der Waals surface area contributed by atoms with Gasteiger partial charge in [0.15, 0.2) is 0 Å². The molecule has 1 heterocycles. The van der Waals surface area contributed by atoms with E-state index in [1.807, 2.05) is 60.7 Å². The van der Waals surface area contributed by atoms with Gasteiger partial charge in [0, 0.05) is 32.7 Å². The lowest BCUT2D eigenvalue weighted by Gasteiger charge is -2.36. The van der Waals surface area contributed by atoms with Gasteiger partial charge in [0.05, 0.1) is 6.04 Å². The molecule has 1 aliphatic heterocycles. The third-order valence-corrected chi connectivity index (χ3v) is 5.09. The highest BCUT2D eigenvalue weighted by Gasteiger charge is 2.27. The summed E-state index contributed by atoms with van der Waals surface area (Å²) in [5.74, 6) is 0. The van der Waals surface area contributed by atoms with Gasteiger partial charge in [-0.15, -0.1) is 0 Å². The van der Waals surface area contributed by atoms with Crippen LogP contribution >= 0.6 is 0 Å². The highest BCUT2D eigenvalue weighted by atomic mass is 16.5. The lowest BCUT2D eigenvalue weighted by molar-refractivity contribution is 0.0712. The fourth-order valence-electron chi connectivity index (χ4n) is 3.33. The van der Waals surface area contributed by atoms with Crippen molar-refractivity contribution in [2.24, 2.45) is 0 Å². The maximum atomic E-state index is 12.4. The van der Waals surface area contributed by atoms with Gasteiger partial charge in [0.1, 0.15) is 12.7 Å². The minimum Gasteiger partial charge on any atom is -0.445 e. The topological polar surface area (TPSA) is 65.0 Å². The quantitative estimate of drug-likeness (QED) is 0.768. The molecule has 0 spiro atoms. The maximum Gasteiger partial charge on any atom is 0.407 e. The largest absolute Gasteiger partial charge is 0.445 e. The highest BCUT2D eigenvalue weighted by molar-refractivity contribution is 5.67. The fraction of sp³-hybridized carbons (Fsp3) is 0.409. The number of rotatable bonds is 7. The standard InChI is InChI=1S/C22H29N3O3/c1-24-12-14-25(15-13-24)16-20(21(26)19-10-6-3-7-11-19)23-22(27)28-17-18-8-4-2-5-9-18/h2-11,20-21,26H,12-17H2,1H3,(H,23,27)/t20-,21-/m0/s1. The molecule has 6 heteroatoms. The van der Waals surface area contributed by atoms with Gasteiger partial charge in [0.2, 0.25) is 0 Å². The smallest absolute Gasteiger partial charge is 0.407 e. The van der Waals surface area contributed by atoms with Gasteiger partial charge in [-0.25, -0.2) is 4.79 Å². The number of piperazine rings is 1. The van der Waals surface area contributed by atoms with E-state index in [-0.39, 0.29) is 6.61 Å². The normalized spacial score (nSPS) is 17.6. The Kier molecular flexibility index (Phi) is 7.42. The van der Waals surface area contributed by atoms with Crippen LogP contribution in [0.3, 0.4) is 0 Å². The maximum absolute atomic E-state index is 12.4. The molecule has 2 aromatic rings. The molecule has 150 valence electrons. The molecule has 0 bridgehead atoms. The van der Waals surface area contributed by atoms with Crippen LogP contribution in [0.4, 0.5) is 4.79 Å². The van der Waals surface area contributed by atoms with E-state index in [2.05, 4.69) is 22.2 Å². The Balaban J connectivity index is 1.62. The van der Waals surface area contributed by atoms with Crippen molar-refractivity contribution in [2.45, 2.75) is 18.8 Å². The van der Waals surface area contributed by atoms with E-state index in [4.69, 9.17) is 4.74 Å². The van der Waals surface area contributed by atoms with E-state index < -0.39 is 18.2 Å². The Hall–Kier alpha value is -2.41. The number of hydrogen-bond acceptors (Lipinski definition) is 5. The van der Waals surface area contributed by atoms with Crippen LogP contribution in [0.1, 0.15) is 17.2 Å². The molecule has 0 aliphatic carbocycles. The summed E-state index contributed by atoms with van der Waals surface area (Å²) in [6, 6.07) is 18.5. The minimum absolute atomic E-state index is 0.204. The number of nitrogens with one attached hydrogen (secondary N) is 1. The molecule has 2 atom stereocenters. The van der Waals surface area contributed by atoms with Crippen molar-refractivity contribution in [3.63, 3.8) is 0 Å². The molecule has 6 nitrogen and oxygen atoms in total. The first kappa shape index (κ1) is 20.3. The summed E-state index contributed by atoms with van der Waals surface area (Å²) in [4.78, 5) is 16.9. The van der Waals surface area contributed by atoms with Crippen molar-refractivity contribution in [2.75, 3.05) is 39.8 Å². The average Bonchev–Trinajstić information content (AvgIpc) is 2.74. The zero-order valence-electron chi connectivity index (χ0n) is 16.3. The summed E-state index contributed by atoms with van der Waals surface area (Å²) < 4.78 is 5.36. The Morgan fingerprint density at radius 3 is 2.29 bits per heavy atom. The van der Waals surface area contributed by atoms with E-state index >= 15 is 0 Å². The molecule has 2 N–H and O–H groups in total. The molecule has 1 amide bonds. The number of likely N-dealkylation sites (N-methyl/N-ethyl adjacent to an activating group) is 1. The Morgan fingerprint density at radius 2 is 1.64 bits per heavy atom. The molecule has 1 aliphatic rings. The van der Waals surface area contributed by atoms with Crippen LogP contribution in [0.2, 0.25) is 0 Å². The molecule has 0 unspecified atom stereocenters. The van der Waals surface area contributed by atoms with E-state index in [1.54, 1.807) is 0 Å². The first-order valence-corrected chi connectivity index (χ1v) is 9.73. The summed E-state index contributed by atoms with van der Waals surface area (Å²) in [5.41, 5.74) is 1.71. The first-order chi connectivity index (χ1) is 13.6. The molecule has 3 rings (SSSR count). The summed E-state index contributed by atoms with van der Waals surface area (Å²) in [6.45, 7) is 4.56. The molecular weight excluding hydrogens is 354 g/mol. The van der Waals surface area contributed by atoms with Crippen LogP contribution < -0.4 is 5.32 Å². The van der Waals surface area contributed by atoms with Gasteiger partial charge in [-0.05, 0) is 18.2 Å². The SMILES string of the molecule is CN1CCN(C[C@H](NC(=O)OCc2ccccc2)[C@@H](O)c2ccccc2)CC1. The summed E-state index contributed by atoms with van der Waals surface area (Å²) in [7, 11) is 2.10. The van der Waals surface area contributed by atoms with Gasteiger partial charge in [0.25, 0.3) is 0 Å². The number of amides is 1. The summed E-state index contributed by atoms with van der Waals surface area (Å²) in [5, 5.41) is 13.8. The molecular formula is C22H29N3O3. The second-order valence-corrected chi connectivity index (χ2v) is 7.27. The molecule has 1 saturated heterocycles. The number of aliphatic hydroxyl groups is 1. The molecule has 0 saturated carbocycles. The van der Waals surface area contributed by atoms with Crippen LogP contribution in [0.5, 0.6) is 0 Å². The monoisotopic (exact) mass is 383 g/mol. The number of carbonyl (C=O) groups is 1. The van der Waals surface area contributed by atoms with Crippen LogP contribution in [0, 0.1) is 0 Å². The minimum atomic E-state index is -0.801. The van der Waals surface area contributed by atoms with E-state index in [9.17, 15) is 9.90 Å². The van der Waals surface area contributed by atoms with Crippen molar-refractivity contribution >= 4 is 6.09 Å². The van der Waals surface area contributed by atoms with Crippen molar-refractivity contribution in [3.05, 3.63) is 71.8 Å². The number of carbonyl (C=O) groups excluding carboxylic acids is 1. The molecule has 2 aromatic carbocycles. The molecule has 0 radical (unpaired) electrons. The van der Waals surface area contributed by atoms with Crippen molar-refractivity contribution < 1.29 is 14.6 Å². The van der Waals surface area contributed by atoms with Crippen LogP contribution in [-0.4, -0.2) is 66.8 Å². The third kappa shape index (κ3) is 6.05. The second kappa shape index (κ2) is 10.2. The number of nitrogens with zero attached hydrogens (tertiary/aromatic N) is 2.